The molecule has 1 nitrogen and oxygen atoms in total. The molecule has 1 N–H and O–H groups in total. The summed E-state index contributed by atoms with van der Waals surface area (Å²) in [6.07, 6.45) is 0. The molecule has 0 spiro atoms. The monoisotopic (exact) mass is 251 g/mol. The van der Waals surface area contributed by atoms with Gasteiger partial charge < -0.3 is 5.32 Å². The lowest BCUT2D eigenvalue weighted by Crippen LogP contribution is -2.04. The van der Waals surface area contributed by atoms with Crippen LogP contribution >= 0.6 is 0 Å². The maximum Gasteiger partial charge on any atom is 0.161 e. The van der Waals surface area contributed by atoms with Crippen molar-refractivity contribution < 1.29 is 13.2 Å². The molecule has 2 aromatic carbocycles. The summed E-state index contributed by atoms with van der Waals surface area (Å²) in [5.74, 6) is -2.97. The van der Waals surface area contributed by atoms with E-state index in [1.165, 1.54) is 0 Å². The van der Waals surface area contributed by atoms with E-state index < -0.39 is 17.5 Å². The van der Waals surface area contributed by atoms with E-state index in [-0.39, 0.29) is 12.1 Å². The maximum atomic E-state index is 13.4. The van der Waals surface area contributed by atoms with Crippen LogP contribution in [0.5, 0.6) is 0 Å². The van der Waals surface area contributed by atoms with Gasteiger partial charge in [0.1, 0.15) is 5.82 Å². The Balaban J connectivity index is 2.16. The van der Waals surface area contributed by atoms with E-state index in [2.05, 4.69) is 5.32 Å². The Bertz CT molecular complexity index is 567. The van der Waals surface area contributed by atoms with Crippen molar-refractivity contribution in [2.45, 2.75) is 13.5 Å². The van der Waals surface area contributed by atoms with Gasteiger partial charge in [-0.25, -0.2) is 13.2 Å². The highest BCUT2D eigenvalue weighted by atomic mass is 19.2. The SMILES string of the molecule is Cc1ccccc1NCc1cc(F)c(F)cc1F. The largest absolute Gasteiger partial charge is 0.381 e. The Hall–Kier alpha value is -1.97. The van der Waals surface area contributed by atoms with Crippen LogP contribution in [0.25, 0.3) is 0 Å². The molecule has 4 heteroatoms. The number of hydrogen-bond donors (Lipinski definition) is 1. The number of aryl methyl sites for hydroxylation is 1. The third kappa shape index (κ3) is 2.64. The smallest absolute Gasteiger partial charge is 0.161 e. The van der Waals surface area contributed by atoms with Crippen LogP contribution in [-0.4, -0.2) is 0 Å². The van der Waals surface area contributed by atoms with Crippen LogP contribution in [0.1, 0.15) is 11.1 Å². The minimum atomic E-state index is -1.17. The highest BCUT2D eigenvalue weighted by Crippen LogP contribution is 2.17. The summed E-state index contributed by atoms with van der Waals surface area (Å²) in [6, 6.07) is 8.91. The average molecular weight is 251 g/mol. The number of anilines is 1. The predicted octanol–water partition coefficient (Wildman–Crippen LogP) is 4.02. The number of para-hydroxylation sites is 1. The first-order valence-electron chi connectivity index (χ1n) is 5.51. The van der Waals surface area contributed by atoms with Crippen LogP contribution in [0.3, 0.4) is 0 Å². The van der Waals surface area contributed by atoms with Crippen LogP contribution in [0.15, 0.2) is 36.4 Å². The first-order valence-corrected chi connectivity index (χ1v) is 5.51. The molecule has 0 aliphatic heterocycles. The van der Waals surface area contributed by atoms with Crippen molar-refractivity contribution in [1.82, 2.24) is 0 Å². The highest BCUT2D eigenvalue weighted by Gasteiger charge is 2.09. The first-order chi connectivity index (χ1) is 8.58. The average Bonchev–Trinajstić information content (AvgIpc) is 2.34. The van der Waals surface area contributed by atoms with Gasteiger partial charge in [0.25, 0.3) is 0 Å². The van der Waals surface area contributed by atoms with Crippen molar-refractivity contribution >= 4 is 5.69 Å². The van der Waals surface area contributed by atoms with Crippen molar-refractivity contribution in [2.24, 2.45) is 0 Å². The summed E-state index contributed by atoms with van der Waals surface area (Å²) in [5.41, 5.74) is 1.93. The van der Waals surface area contributed by atoms with E-state index in [0.29, 0.717) is 6.07 Å². The van der Waals surface area contributed by atoms with Crippen molar-refractivity contribution in [2.75, 3.05) is 5.32 Å². The van der Waals surface area contributed by atoms with Crippen LogP contribution in [0.4, 0.5) is 18.9 Å². The standard InChI is InChI=1S/C14H12F3N/c1-9-4-2-3-5-14(9)18-8-10-6-12(16)13(17)7-11(10)15/h2-7,18H,8H2,1H3. The van der Waals surface area contributed by atoms with E-state index in [1.54, 1.807) is 0 Å². The molecule has 2 aromatic rings. The van der Waals surface area contributed by atoms with Gasteiger partial charge in [0.15, 0.2) is 11.6 Å². The molecule has 2 rings (SSSR count). The highest BCUT2D eigenvalue weighted by molar-refractivity contribution is 5.50. The van der Waals surface area contributed by atoms with Gasteiger partial charge in [0, 0.05) is 23.9 Å². The Labute approximate surface area is 103 Å². The van der Waals surface area contributed by atoms with E-state index in [0.717, 1.165) is 17.3 Å². The van der Waals surface area contributed by atoms with Crippen LogP contribution < -0.4 is 5.32 Å². The number of halogens is 3. The molecule has 0 bridgehead atoms. The van der Waals surface area contributed by atoms with E-state index >= 15 is 0 Å². The van der Waals surface area contributed by atoms with Crippen LogP contribution in [-0.2, 0) is 6.54 Å². The van der Waals surface area contributed by atoms with E-state index in [9.17, 15) is 13.2 Å². The molecule has 0 atom stereocenters. The Morgan fingerprint density at radius 3 is 2.33 bits per heavy atom. The molecule has 0 unspecified atom stereocenters. The lowest BCUT2D eigenvalue weighted by molar-refractivity contribution is 0.490. The topological polar surface area (TPSA) is 12.0 Å². The molecule has 0 aromatic heterocycles. The van der Waals surface area contributed by atoms with Gasteiger partial charge in [-0.1, -0.05) is 18.2 Å². The van der Waals surface area contributed by atoms with Crippen molar-refractivity contribution in [3.63, 3.8) is 0 Å². The fraction of sp³-hybridized carbons (Fsp3) is 0.143. The summed E-state index contributed by atoms with van der Waals surface area (Å²) < 4.78 is 39.1. The molecule has 0 aliphatic rings. The summed E-state index contributed by atoms with van der Waals surface area (Å²) in [7, 11) is 0. The summed E-state index contributed by atoms with van der Waals surface area (Å²) in [6.45, 7) is 2.01. The number of benzene rings is 2. The Morgan fingerprint density at radius 2 is 1.61 bits per heavy atom. The summed E-state index contributed by atoms with van der Waals surface area (Å²) >= 11 is 0. The quantitative estimate of drug-likeness (QED) is 0.812. The van der Waals surface area contributed by atoms with E-state index in [1.807, 2.05) is 31.2 Å². The molecule has 0 fully saturated rings. The third-order valence-corrected chi connectivity index (χ3v) is 2.70. The normalized spacial score (nSPS) is 10.4. The minimum Gasteiger partial charge on any atom is -0.381 e. The minimum absolute atomic E-state index is 0.0946. The second kappa shape index (κ2) is 5.12. The molecular weight excluding hydrogens is 239 g/mol. The van der Waals surface area contributed by atoms with Crippen molar-refractivity contribution in [3.8, 4) is 0 Å². The lowest BCUT2D eigenvalue weighted by Gasteiger charge is -2.10. The van der Waals surface area contributed by atoms with Gasteiger partial charge >= 0.3 is 0 Å². The molecular formula is C14H12F3N. The molecule has 94 valence electrons. The van der Waals surface area contributed by atoms with Crippen molar-refractivity contribution in [1.29, 1.82) is 0 Å². The lowest BCUT2D eigenvalue weighted by atomic mass is 10.1. The van der Waals surface area contributed by atoms with Gasteiger partial charge in [-0.2, -0.15) is 0 Å². The molecule has 18 heavy (non-hydrogen) atoms. The third-order valence-electron chi connectivity index (χ3n) is 2.70. The maximum absolute atomic E-state index is 13.4. The summed E-state index contributed by atoms with van der Waals surface area (Å²) in [4.78, 5) is 0. The molecule has 0 aliphatic carbocycles. The van der Waals surface area contributed by atoms with Gasteiger partial charge in [0.2, 0.25) is 0 Å². The van der Waals surface area contributed by atoms with Gasteiger partial charge in [-0.3, -0.25) is 0 Å². The fourth-order valence-corrected chi connectivity index (χ4v) is 1.66. The predicted molar refractivity (Wildman–Crippen MR) is 64.8 cm³/mol. The second-order valence-electron chi connectivity index (χ2n) is 4.03. The number of rotatable bonds is 3. The number of hydrogen-bond acceptors (Lipinski definition) is 1. The van der Waals surface area contributed by atoms with E-state index in [4.69, 9.17) is 0 Å². The van der Waals surface area contributed by atoms with Gasteiger partial charge in [-0.15, -0.1) is 0 Å². The Morgan fingerprint density at radius 1 is 0.944 bits per heavy atom. The molecule has 0 amide bonds. The molecule has 0 heterocycles. The summed E-state index contributed by atoms with van der Waals surface area (Å²) in [5, 5.41) is 2.99. The van der Waals surface area contributed by atoms with Gasteiger partial charge in [0.05, 0.1) is 0 Å². The first kappa shape index (κ1) is 12.5. The Kier molecular flexibility index (Phi) is 3.55. The van der Waals surface area contributed by atoms with Crippen LogP contribution in [0, 0.1) is 24.4 Å². The van der Waals surface area contributed by atoms with Crippen LogP contribution in [0.2, 0.25) is 0 Å². The van der Waals surface area contributed by atoms with Gasteiger partial charge in [-0.05, 0) is 24.6 Å². The second-order valence-corrected chi connectivity index (χ2v) is 4.03. The molecule has 0 saturated carbocycles. The molecule has 0 saturated heterocycles. The fourth-order valence-electron chi connectivity index (χ4n) is 1.66. The zero-order chi connectivity index (χ0) is 13.1. The zero-order valence-electron chi connectivity index (χ0n) is 9.81. The van der Waals surface area contributed by atoms with Crippen molar-refractivity contribution in [3.05, 3.63) is 65.0 Å². The number of nitrogens with one attached hydrogen (secondary N) is 1. The molecule has 0 radical (unpaired) electrons. The zero-order valence-corrected chi connectivity index (χ0v) is 9.81.